The van der Waals surface area contributed by atoms with Crippen LogP contribution in [0.4, 0.5) is 14.5 Å². The molecule has 7 heteroatoms. The minimum Gasteiger partial charge on any atom is -0.326 e. The first-order valence-corrected chi connectivity index (χ1v) is 7.54. The first kappa shape index (κ1) is 15.4. The SMILES string of the molecule is CN(c1ccccc1CN)S(=O)(=O)c1ccc(F)c(F)c1. The molecule has 2 aromatic carbocycles. The van der Waals surface area contributed by atoms with Crippen molar-refractivity contribution in [3.05, 3.63) is 59.7 Å². The van der Waals surface area contributed by atoms with Gasteiger partial charge in [0.05, 0.1) is 10.6 Å². The highest BCUT2D eigenvalue weighted by atomic mass is 32.2. The number of anilines is 1. The van der Waals surface area contributed by atoms with E-state index in [0.29, 0.717) is 17.3 Å². The Morgan fingerprint density at radius 1 is 1.10 bits per heavy atom. The molecule has 4 nitrogen and oxygen atoms in total. The van der Waals surface area contributed by atoms with Crippen LogP contribution in [0.5, 0.6) is 0 Å². The molecular formula is C14H14F2N2O2S. The zero-order chi connectivity index (χ0) is 15.6. The molecule has 2 aromatic rings. The lowest BCUT2D eigenvalue weighted by atomic mass is 10.2. The molecule has 0 unspecified atom stereocenters. The third-order valence-corrected chi connectivity index (χ3v) is 4.87. The van der Waals surface area contributed by atoms with Crippen LogP contribution in [0.25, 0.3) is 0 Å². The van der Waals surface area contributed by atoms with Crippen LogP contribution < -0.4 is 10.0 Å². The molecule has 0 spiro atoms. The summed E-state index contributed by atoms with van der Waals surface area (Å²) >= 11 is 0. The van der Waals surface area contributed by atoms with E-state index in [1.807, 2.05) is 0 Å². The summed E-state index contributed by atoms with van der Waals surface area (Å²) in [5, 5.41) is 0. The minimum absolute atomic E-state index is 0.161. The molecule has 0 bridgehead atoms. The van der Waals surface area contributed by atoms with Crippen LogP contribution in [0.3, 0.4) is 0 Å². The van der Waals surface area contributed by atoms with Gasteiger partial charge in [-0.15, -0.1) is 0 Å². The number of nitrogens with two attached hydrogens (primary N) is 1. The molecule has 0 heterocycles. The van der Waals surface area contributed by atoms with Crippen LogP contribution in [0.15, 0.2) is 47.4 Å². The second-order valence-corrected chi connectivity index (χ2v) is 6.35. The first-order valence-electron chi connectivity index (χ1n) is 6.10. The van der Waals surface area contributed by atoms with E-state index in [4.69, 9.17) is 5.73 Å². The summed E-state index contributed by atoms with van der Waals surface area (Å²) in [6.45, 7) is 0.161. The predicted molar refractivity (Wildman–Crippen MR) is 76.3 cm³/mol. The van der Waals surface area contributed by atoms with E-state index in [2.05, 4.69) is 0 Å². The molecule has 2 rings (SSSR count). The fraction of sp³-hybridized carbons (Fsp3) is 0.143. The summed E-state index contributed by atoms with van der Waals surface area (Å²) in [6, 6.07) is 9.17. The Balaban J connectivity index is 2.50. The normalized spacial score (nSPS) is 11.4. The quantitative estimate of drug-likeness (QED) is 0.942. The molecule has 0 atom stereocenters. The van der Waals surface area contributed by atoms with Gasteiger partial charge in [-0.05, 0) is 29.8 Å². The number of nitrogens with zero attached hydrogens (tertiary/aromatic N) is 1. The molecule has 0 fully saturated rings. The van der Waals surface area contributed by atoms with Crippen LogP contribution >= 0.6 is 0 Å². The lowest BCUT2D eigenvalue weighted by Gasteiger charge is -2.22. The molecule has 0 aliphatic carbocycles. The maximum Gasteiger partial charge on any atom is 0.264 e. The monoisotopic (exact) mass is 312 g/mol. The fourth-order valence-corrected chi connectivity index (χ4v) is 3.16. The summed E-state index contributed by atoms with van der Waals surface area (Å²) in [5.41, 5.74) is 6.61. The van der Waals surface area contributed by atoms with E-state index in [1.165, 1.54) is 7.05 Å². The average Bonchev–Trinajstić information content (AvgIpc) is 2.49. The number of rotatable bonds is 4. The summed E-state index contributed by atoms with van der Waals surface area (Å²) < 4.78 is 52.1. The highest BCUT2D eigenvalue weighted by molar-refractivity contribution is 7.92. The fourth-order valence-electron chi connectivity index (χ4n) is 1.92. The highest BCUT2D eigenvalue weighted by Crippen LogP contribution is 2.26. The van der Waals surface area contributed by atoms with Gasteiger partial charge in [0.25, 0.3) is 10.0 Å². The van der Waals surface area contributed by atoms with Gasteiger partial charge >= 0.3 is 0 Å². The smallest absolute Gasteiger partial charge is 0.264 e. The lowest BCUT2D eigenvalue weighted by Crippen LogP contribution is -2.28. The van der Waals surface area contributed by atoms with E-state index in [1.54, 1.807) is 24.3 Å². The van der Waals surface area contributed by atoms with Crippen LogP contribution in [0.2, 0.25) is 0 Å². The standard InChI is InChI=1S/C14H14F2N2O2S/c1-18(14-5-3-2-4-10(14)9-17)21(19,20)11-6-7-12(15)13(16)8-11/h2-8H,9,17H2,1H3. The zero-order valence-corrected chi connectivity index (χ0v) is 12.1. The van der Waals surface area contributed by atoms with Crippen LogP contribution in [0, 0.1) is 11.6 Å². The number of hydrogen-bond donors (Lipinski definition) is 1. The van der Waals surface area contributed by atoms with Gasteiger partial charge in [-0.1, -0.05) is 18.2 Å². The topological polar surface area (TPSA) is 63.4 Å². The van der Waals surface area contributed by atoms with E-state index < -0.39 is 21.7 Å². The van der Waals surface area contributed by atoms with E-state index in [0.717, 1.165) is 16.4 Å². The Bertz CT molecular complexity index is 763. The van der Waals surface area contributed by atoms with Gasteiger partial charge in [-0.25, -0.2) is 17.2 Å². The molecular weight excluding hydrogens is 298 g/mol. The molecule has 112 valence electrons. The molecule has 0 saturated carbocycles. The van der Waals surface area contributed by atoms with Crippen molar-refractivity contribution in [3.8, 4) is 0 Å². The maximum absolute atomic E-state index is 13.2. The maximum atomic E-state index is 13.2. The summed E-state index contributed by atoms with van der Waals surface area (Å²) in [7, 11) is -2.65. The number of hydrogen-bond acceptors (Lipinski definition) is 3. The largest absolute Gasteiger partial charge is 0.326 e. The van der Waals surface area contributed by atoms with Crippen molar-refractivity contribution in [2.24, 2.45) is 5.73 Å². The third-order valence-electron chi connectivity index (χ3n) is 3.10. The second kappa shape index (κ2) is 5.79. The van der Waals surface area contributed by atoms with Crippen LogP contribution in [-0.2, 0) is 16.6 Å². The van der Waals surface area contributed by atoms with Gasteiger partial charge in [0.1, 0.15) is 0 Å². The minimum atomic E-state index is -3.99. The average molecular weight is 312 g/mol. The van der Waals surface area contributed by atoms with Crippen LogP contribution in [-0.4, -0.2) is 15.5 Å². The molecule has 21 heavy (non-hydrogen) atoms. The van der Waals surface area contributed by atoms with Gasteiger partial charge in [0.2, 0.25) is 0 Å². The number of halogens is 2. The second-order valence-electron chi connectivity index (χ2n) is 4.38. The summed E-state index contributed by atoms with van der Waals surface area (Å²) in [4.78, 5) is -0.323. The van der Waals surface area contributed by atoms with Crippen molar-refractivity contribution in [1.29, 1.82) is 0 Å². The van der Waals surface area contributed by atoms with E-state index >= 15 is 0 Å². The third kappa shape index (κ3) is 2.88. The van der Waals surface area contributed by atoms with Crippen molar-refractivity contribution in [2.45, 2.75) is 11.4 Å². The van der Waals surface area contributed by atoms with Gasteiger partial charge < -0.3 is 5.73 Å². The summed E-state index contributed by atoms with van der Waals surface area (Å²) in [5.74, 6) is -2.31. The number of sulfonamides is 1. The van der Waals surface area contributed by atoms with Crippen molar-refractivity contribution < 1.29 is 17.2 Å². The van der Waals surface area contributed by atoms with E-state index in [9.17, 15) is 17.2 Å². The van der Waals surface area contributed by atoms with Crippen molar-refractivity contribution >= 4 is 15.7 Å². The molecule has 0 aliphatic rings. The van der Waals surface area contributed by atoms with Crippen molar-refractivity contribution in [2.75, 3.05) is 11.4 Å². The first-order chi connectivity index (χ1) is 9.87. The molecule has 0 saturated heterocycles. The highest BCUT2D eigenvalue weighted by Gasteiger charge is 2.24. The van der Waals surface area contributed by atoms with Gasteiger partial charge in [-0.2, -0.15) is 0 Å². The molecule has 0 aromatic heterocycles. The van der Waals surface area contributed by atoms with Gasteiger partial charge in [-0.3, -0.25) is 4.31 Å². The number of para-hydroxylation sites is 1. The van der Waals surface area contributed by atoms with E-state index in [-0.39, 0.29) is 11.4 Å². The molecule has 2 N–H and O–H groups in total. The molecule has 0 radical (unpaired) electrons. The van der Waals surface area contributed by atoms with Crippen molar-refractivity contribution in [1.82, 2.24) is 0 Å². The number of benzene rings is 2. The predicted octanol–water partition coefficient (Wildman–Crippen LogP) is 2.25. The zero-order valence-electron chi connectivity index (χ0n) is 11.3. The Morgan fingerprint density at radius 2 is 1.76 bits per heavy atom. The lowest BCUT2D eigenvalue weighted by molar-refractivity contribution is 0.504. The van der Waals surface area contributed by atoms with Gasteiger partial charge in [0.15, 0.2) is 11.6 Å². The Morgan fingerprint density at radius 3 is 2.38 bits per heavy atom. The van der Waals surface area contributed by atoms with Crippen LogP contribution in [0.1, 0.15) is 5.56 Å². The van der Waals surface area contributed by atoms with Crippen molar-refractivity contribution in [3.63, 3.8) is 0 Å². The molecule has 0 aliphatic heterocycles. The van der Waals surface area contributed by atoms with Gasteiger partial charge in [0, 0.05) is 13.6 Å². The Hall–Kier alpha value is -1.99. The Kier molecular flexibility index (Phi) is 4.24. The molecule has 0 amide bonds. The summed E-state index contributed by atoms with van der Waals surface area (Å²) in [6.07, 6.45) is 0. The Labute approximate surface area is 121 Å².